The molecular formula is C19H21FIN5O. The summed E-state index contributed by atoms with van der Waals surface area (Å²) in [5.41, 5.74) is 7.87. The number of ether oxygens (including phenoxy) is 1. The number of rotatable bonds is 5. The van der Waals surface area contributed by atoms with Crippen LogP contribution in [0.1, 0.15) is 11.4 Å². The second-order valence-corrected chi connectivity index (χ2v) is 5.69. The number of imidazole rings is 1. The first kappa shape index (κ1) is 20.7. The number of nitrogens with two attached hydrogens (primary N) is 1. The maximum atomic E-state index is 14.4. The van der Waals surface area contributed by atoms with Crippen LogP contribution in [0.4, 0.5) is 10.1 Å². The second kappa shape index (κ2) is 9.36. The zero-order valence-corrected chi connectivity index (χ0v) is 17.3. The number of anilines is 1. The maximum Gasteiger partial charge on any atom is 0.193 e. The number of nitrogens with zero attached hydrogens (tertiary/aromatic N) is 3. The monoisotopic (exact) mass is 481 g/mol. The molecule has 0 fully saturated rings. The molecule has 2 aromatic carbocycles. The molecule has 6 nitrogen and oxygen atoms in total. The summed E-state index contributed by atoms with van der Waals surface area (Å²) in [6.45, 7) is 2.10. The first-order valence-electron chi connectivity index (χ1n) is 8.06. The number of benzene rings is 2. The largest absolute Gasteiger partial charge is 0.497 e. The van der Waals surface area contributed by atoms with E-state index in [2.05, 4.69) is 15.3 Å². The average molecular weight is 481 g/mol. The standard InChI is InChI=1S/C19H20FN5O.HI/c1-13-22-9-10-25(13)18-8-3-14(11-17(18)20)12-23-19(21)24-15-4-6-16(26-2)7-5-15;/h3-11H,12H2,1-2H3,(H3,21,23,24);1H. The molecule has 0 saturated heterocycles. The molecule has 27 heavy (non-hydrogen) atoms. The Labute approximate surface area is 174 Å². The number of halogens is 2. The van der Waals surface area contributed by atoms with Gasteiger partial charge in [0.15, 0.2) is 5.96 Å². The normalized spacial score (nSPS) is 11.0. The van der Waals surface area contributed by atoms with E-state index in [4.69, 9.17) is 10.5 Å². The van der Waals surface area contributed by atoms with Crippen molar-refractivity contribution in [3.63, 3.8) is 0 Å². The third-order valence-corrected chi connectivity index (χ3v) is 3.89. The van der Waals surface area contributed by atoms with Gasteiger partial charge in [-0.3, -0.25) is 0 Å². The van der Waals surface area contributed by atoms with Gasteiger partial charge in [-0.2, -0.15) is 0 Å². The van der Waals surface area contributed by atoms with Crippen LogP contribution in [-0.4, -0.2) is 22.6 Å². The number of hydrogen-bond acceptors (Lipinski definition) is 3. The summed E-state index contributed by atoms with van der Waals surface area (Å²) in [4.78, 5) is 8.36. The number of aromatic nitrogens is 2. The van der Waals surface area contributed by atoms with Gasteiger partial charge in [-0.15, -0.1) is 24.0 Å². The Morgan fingerprint density at radius 1 is 1.26 bits per heavy atom. The van der Waals surface area contributed by atoms with Gasteiger partial charge in [0.05, 0.1) is 19.3 Å². The van der Waals surface area contributed by atoms with Gasteiger partial charge in [0.2, 0.25) is 0 Å². The molecule has 142 valence electrons. The molecule has 0 aliphatic carbocycles. The first-order chi connectivity index (χ1) is 12.6. The molecule has 0 amide bonds. The molecule has 3 aromatic rings. The van der Waals surface area contributed by atoms with Crippen molar-refractivity contribution in [3.05, 3.63) is 72.1 Å². The smallest absolute Gasteiger partial charge is 0.193 e. The van der Waals surface area contributed by atoms with Gasteiger partial charge in [-0.25, -0.2) is 14.4 Å². The van der Waals surface area contributed by atoms with Gasteiger partial charge in [0.1, 0.15) is 17.4 Å². The van der Waals surface area contributed by atoms with E-state index in [9.17, 15) is 4.39 Å². The Kier molecular flexibility index (Phi) is 7.17. The Morgan fingerprint density at radius 2 is 2.00 bits per heavy atom. The van der Waals surface area contributed by atoms with Crippen LogP contribution >= 0.6 is 24.0 Å². The van der Waals surface area contributed by atoms with Crippen molar-refractivity contribution in [1.82, 2.24) is 9.55 Å². The summed E-state index contributed by atoms with van der Waals surface area (Å²) in [5.74, 6) is 1.41. The van der Waals surface area contributed by atoms with Gasteiger partial charge in [-0.1, -0.05) is 6.07 Å². The molecule has 0 bridgehead atoms. The van der Waals surface area contributed by atoms with Crippen molar-refractivity contribution >= 4 is 35.6 Å². The van der Waals surface area contributed by atoms with Crippen LogP contribution in [0.3, 0.4) is 0 Å². The van der Waals surface area contributed by atoms with E-state index >= 15 is 0 Å². The minimum atomic E-state index is -0.333. The molecule has 3 rings (SSSR count). The van der Waals surface area contributed by atoms with E-state index < -0.39 is 0 Å². The molecule has 0 atom stereocenters. The topological polar surface area (TPSA) is 77.5 Å². The summed E-state index contributed by atoms with van der Waals surface area (Å²) < 4.78 is 21.2. The van der Waals surface area contributed by atoms with Crippen LogP contribution in [0.15, 0.2) is 59.9 Å². The van der Waals surface area contributed by atoms with Gasteiger partial charge < -0.3 is 20.4 Å². The second-order valence-electron chi connectivity index (χ2n) is 5.69. The number of aliphatic imine (C=N–C) groups is 1. The Bertz CT molecular complexity index is 924. The van der Waals surface area contributed by atoms with Crippen LogP contribution in [-0.2, 0) is 6.54 Å². The third-order valence-electron chi connectivity index (χ3n) is 3.89. The molecule has 0 aliphatic rings. The Balaban J connectivity index is 0.00000261. The highest BCUT2D eigenvalue weighted by Crippen LogP contribution is 2.18. The van der Waals surface area contributed by atoms with E-state index in [1.807, 2.05) is 37.3 Å². The zero-order valence-electron chi connectivity index (χ0n) is 15.0. The van der Waals surface area contributed by atoms with Crippen molar-refractivity contribution < 1.29 is 9.13 Å². The van der Waals surface area contributed by atoms with Crippen molar-refractivity contribution in [2.24, 2.45) is 10.7 Å². The number of methoxy groups -OCH3 is 1. The van der Waals surface area contributed by atoms with Gasteiger partial charge in [0, 0.05) is 18.1 Å². The molecule has 1 aromatic heterocycles. The first-order valence-corrected chi connectivity index (χ1v) is 8.06. The lowest BCUT2D eigenvalue weighted by molar-refractivity contribution is 0.415. The van der Waals surface area contributed by atoms with Gasteiger partial charge in [-0.05, 0) is 48.9 Å². The summed E-state index contributed by atoms with van der Waals surface area (Å²) in [7, 11) is 1.61. The number of guanidine groups is 1. The Hall–Kier alpha value is -2.62. The highest BCUT2D eigenvalue weighted by molar-refractivity contribution is 14.0. The van der Waals surface area contributed by atoms with E-state index in [1.54, 1.807) is 30.1 Å². The number of hydrogen-bond donors (Lipinski definition) is 2. The zero-order chi connectivity index (χ0) is 18.5. The fourth-order valence-corrected chi connectivity index (χ4v) is 2.51. The molecule has 0 saturated carbocycles. The molecule has 8 heteroatoms. The fourth-order valence-electron chi connectivity index (χ4n) is 2.51. The molecule has 0 unspecified atom stereocenters. The van der Waals surface area contributed by atoms with Crippen LogP contribution in [0, 0.1) is 12.7 Å². The van der Waals surface area contributed by atoms with Crippen molar-refractivity contribution in [2.45, 2.75) is 13.5 Å². The average Bonchev–Trinajstić information content (AvgIpc) is 3.06. The summed E-state index contributed by atoms with van der Waals surface area (Å²) in [5, 5.41) is 2.99. The predicted octanol–water partition coefficient (Wildman–Crippen LogP) is 3.87. The third kappa shape index (κ3) is 5.19. The quantitative estimate of drug-likeness (QED) is 0.330. The fraction of sp³-hybridized carbons (Fsp3) is 0.158. The number of nitrogens with one attached hydrogen (secondary N) is 1. The van der Waals surface area contributed by atoms with E-state index in [0.717, 1.165) is 22.8 Å². The predicted molar refractivity (Wildman–Crippen MR) is 116 cm³/mol. The van der Waals surface area contributed by atoms with Crippen molar-refractivity contribution in [3.8, 4) is 11.4 Å². The molecular weight excluding hydrogens is 460 g/mol. The number of aryl methyl sites for hydroxylation is 1. The molecule has 0 aliphatic heterocycles. The summed E-state index contributed by atoms with van der Waals surface area (Å²) >= 11 is 0. The van der Waals surface area contributed by atoms with E-state index in [0.29, 0.717) is 5.69 Å². The lowest BCUT2D eigenvalue weighted by atomic mass is 10.2. The Morgan fingerprint density at radius 3 is 2.59 bits per heavy atom. The summed E-state index contributed by atoms with van der Waals surface area (Å²) in [6.07, 6.45) is 3.36. The maximum absolute atomic E-state index is 14.4. The van der Waals surface area contributed by atoms with Crippen LogP contribution in [0.5, 0.6) is 5.75 Å². The van der Waals surface area contributed by atoms with E-state index in [1.165, 1.54) is 6.07 Å². The van der Waals surface area contributed by atoms with Gasteiger partial charge in [0.25, 0.3) is 0 Å². The molecule has 0 radical (unpaired) electrons. The molecule has 3 N–H and O–H groups in total. The summed E-state index contributed by atoms with van der Waals surface area (Å²) in [6, 6.07) is 12.3. The highest BCUT2D eigenvalue weighted by atomic mass is 127. The molecule has 1 heterocycles. The molecule has 0 spiro atoms. The minimum Gasteiger partial charge on any atom is -0.497 e. The van der Waals surface area contributed by atoms with Crippen molar-refractivity contribution in [1.29, 1.82) is 0 Å². The highest BCUT2D eigenvalue weighted by Gasteiger charge is 2.08. The van der Waals surface area contributed by atoms with Crippen LogP contribution in [0.25, 0.3) is 5.69 Å². The SMILES string of the molecule is COc1ccc(NC(N)=NCc2ccc(-n3ccnc3C)c(F)c2)cc1.I. The minimum absolute atomic E-state index is 0. The van der Waals surface area contributed by atoms with Crippen LogP contribution < -0.4 is 15.8 Å². The van der Waals surface area contributed by atoms with E-state index in [-0.39, 0.29) is 42.3 Å². The van der Waals surface area contributed by atoms with Crippen LogP contribution in [0.2, 0.25) is 0 Å². The lowest BCUT2D eigenvalue weighted by Crippen LogP contribution is -2.22. The van der Waals surface area contributed by atoms with Crippen molar-refractivity contribution in [2.75, 3.05) is 12.4 Å². The lowest BCUT2D eigenvalue weighted by Gasteiger charge is -2.09. The van der Waals surface area contributed by atoms with Gasteiger partial charge >= 0.3 is 0 Å².